The maximum Gasteiger partial charge on any atom is 0.328 e. The maximum atomic E-state index is 12.4. The smallest absolute Gasteiger partial charge is 0.328 e. The van der Waals surface area contributed by atoms with E-state index in [1.165, 1.54) is 26.2 Å². The Labute approximate surface area is 146 Å². The zero-order valence-corrected chi connectivity index (χ0v) is 14.2. The molecule has 1 fully saturated rings. The van der Waals surface area contributed by atoms with E-state index in [1.54, 1.807) is 0 Å². The number of carbonyl (C=O) groups excluding carboxylic acids is 2. The second-order valence-corrected chi connectivity index (χ2v) is 6.41. The Hall–Kier alpha value is -2.46. The van der Waals surface area contributed by atoms with E-state index in [-0.39, 0.29) is 9.23 Å². The molecule has 1 aromatic carbocycles. The van der Waals surface area contributed by atoms with Crippen LogP contribution in [-0.4, -0.2) is 39.2 Å². The quantitative estimate of drug-likeness (QED) is 0.258. The molecule has 0 unspecified atom stereocenters. The molecule has 0 saturated carbocycles. The van der Waals surface area contributed by atoms with Crippen LogP contribution >= 0.6 is 24.0 Å². The molecule has 1 heterocycles. The number of thioether (sulfide) groups is 1. The molecule has 8 nitrogen and oxygen atoms in total. The molecule has 1 amide bonds. The van der Waals surface area contributed by atoms with E-state index in [9.17, 15) is 24.8 Å². The number of nitro benzene ring substituents is 1. The fourth-order valence-electron chi connectivity index (χ4n) is 2.01. The van der Waals surface area contributed by atoms with Crippen LogP contribution in [0.25, 0.3) is 6.08 Å². The van der Waals surface area contributed by atoms with Crippen LogP contribution in [0.5, 0.6) is 5.75 Å². The van der Waals surface area contributed by atoms with Crippen LogP contribution in [0.15, 0.2) is 23.1 Å². The van der Waals surface area contributed by atoms with Crippen molar-refractivity contribution in [2.24, 2.45) is 0 Å². The van der Waals surface area contributed by atoms with Crippen molar-refractivity contribution in [3.8, 4) is 5.75 Å². The van der Waals surface area contributed by atoms with E-state index >= 15 is 0 Å². The molecule has 1 aromatic rings. The lowest BCUT2D eigenvalue weighted by molar-refractivity contribution is -0.398. The molecule has 1 aliphatic rings. The standard InChI is InChI=1S/C14H12N2O6S2/c1-7(13(19)22-2)15-12(18)11(24-14(15)23)6-8-3-4-10(17)9(5-8)16(20)21/h3-7,17H,1-2H3/p-1/b11-6-/t7-/m0/s1. The number of amides is 1. The topological polar surface area (TPSA) is 113 Å². The van der Waals surface area contributed by atoms with Crippen LogP contribution < -0.4 is 5.11 Å². The number of thiocarbonyl (C=S) groups is 1. The Morgan fingerprint density at radius 3 is 2.75 bits per heavy atom. The van der Waals surface area contributed by atoms with Crippen molar-refractivity contribution < 1.29 is 24.4 Å². The summed E-state index contributed by atoms with van der Waals surface area (Å²) in [6.45, 7) is 1.48. The zero-order valence-electron chi connectivity index (χ0n) is 12.5. The molecular weight excluding hydrogens is 356 g/mol. The Morgan fingerprint density at radius 2 is 2.17 bits per heavy atom. The minimum atomic E-state index is -0.883. The lowest BCUT2D eigenvalue weighted by Gasteiger charge is -2.20. The van der Waals surface area contributed by atoms with Gasteiger partial charge in [-0.05, 0) is 24.3 Å². The molecule has 0 bridgehead atoms. The van der Waals surface area contributed by atoms with Gasteiger partial charge in [0.1, 0.15) is 10.4 Å². The van der Waals surface area contributed by atoms with Gasteiger partial charge in [-0.3, -0.25) is 19.8 Å². The van der Waals surface area contributed by atoms with Crippen molar-refractivity contribution in [3.63, 3.8) is 0 Å². The third kappa shape index (κ3) is 3.39. The summed E-state index contributed by atoms with van der Waals surface area (Å²) >= 11 is 6.07. The first kappa shape index (κ1) is 17.9. The monoisotopic (exact) mass is 367 g/mol. The molecular formula is C14H11N2O6S2-. The number of ether oxygens (including phenoxy) is 1. The number of methoxy groups -OCH3 is 1. The minimum absolute atomic E-state index is 0.180. The number of rotatable bonds is 4. The number of esters is 1. The van der Waals surface area contributed by atoms with Crippen LogP contribution in [0.1, 0.15) is 12.5 Å². The van der Waals surface area contributed by atoms with Crippen LogP contribution in [0.2, 0.25) is 0 Å². The highest BCUT2D eigenvalue weighted by Gasteiger charge is 2.38. The molecule has 2 rings (SSSR count). The Balaban J connectivity index is 2.34. The molecule has 1 atom stereocenters. The highest BCUT2D eigenvalue weighted by atomic mass is 32.2. The van der Waals surface area contributed by atoms with Crippen molar-refractivity contribution in [2.45, 2.75) is 13.0 Å². The Kier molecular flexibility index (Phi) is 5.20. The fraction of sp³-hybridized carbons (Fsp3) is 0.214. The summed E-state index contributed by atoms with van der Waals surface area (Å²) in [5, 5.41) is 22.2. The lowest BCUT2D eigenvalue weighted by atomic mass is 10.1. The van der Waals surface area contributed by atoms with Gasteiger partial charge < -0.3 is 9.84 Å². The SMILES string of the molecule is COC(=O)[C@H](C)N1C(=O)/C(=C/c2ccc([O-])c([N+](=O)[O-])c2)SC1=S. The number of nitrogens with zero attached hydrogens (tertiary/aromatic N) is 2. The largest absolute Gasteiger partial charge is 0.868 e. The predicted octanol–water partition coefficient (Wildman–Crippen LogP) is 1.43. The third-order valence-corrected chi connectivity index (χ3v) is 4.56. The molecule has 24 heavy (non-hydrogen) atoms. The van der Waals surface area contributed by atoms with E-state index in [0.29, 0.717) is 5.56 Å². The normalized spacial score (nSPS) is 17.2. The van der Waals surface area contributed by atoms with Gasteiger partial charge in [-0.15, -0.1) is 0 Å². The summed E-state index contributed by atoms with van der Waals surface area (Å²) in [6, 6.07) is 2.62. The van der Waals surface area contributed by atoms with Crippen molar-refractivity contribution in [3.05, 3.63) is 38.8 Å². The van der Waals surface area contributed by atoms with Crippen molar-refractivity contribution in [2.75, 3.05) is 7.11 Å². The molecule has 0 spiro atoms. The van der Waals surface area contributed by atoms with Gasteiger partial charge in [-0.25, -0.2) is 4.79 Å². The number of benzene rings is 1. The molecule has 0 N–H and O–H groups in total. The number of carbonyl (C=O) groups is 2. The molecule has 10 heteroatoms. The van der Waals surface area contributed by atoms with E-state index in [1.807, 2.05) is 0 Å². The third-order valence-electron chi connectivity index (χ3n) is 3.23. The van der Waals surface area contributed by atoms with Crippen LogP contribution in [0.4, 0.5) is 5.69 Å². The summed E-state index contributed by atoms with van der Waals surface area (Å²) in [4.78, 5) is 35.4. The summed E-state index contributed by atoms with van der Waals surface area (Å²) in [5.41, 5.74) is -0.269. The first-order valence-corrected chi connectivity index (χ1v) is 7.79. The van der Waals surface area contributed by atoms with Gasteiger partial charge in [-0.1, -0.05) is 36.1 Å². The van der Waals surface area contributed by atoms with Gasteiger partial charge >= 0.3 is 5.97 Å². The van der Waals surface area contributed by atoms with Crippen LogP contribution in [0.3, 0.4) is 0 Å². The van der Waals surface area contributed by atoms with Gasteiger partial charge in [0.05, 0.1) is 16.9 Å². The maximum absolute atomic E-state index is 12.4. The molecule has 0 aliphatic carbocycles. The van der Waals surface area contributed by atoms with Crippen molar-refractivity contribution >= 4 is 51.9 Å². The van der Waals surface area contributed by atoms with Crippen LogP contribution in [0, 0.1) is 10.1 Å². The molecule has 126 valence electrons. The second kappa shape index (κ2) is 6.97. The summed E-state index contributed by atoms with van der Waals surface area (Å²) in [5.74, 6) is -1.83. The van der Waals surface area contributed by atoms with Gasteiger partial charge in [-0.2, -0.15) is 0 Å². The Bertz CT molecular complexity index is 777. The summed E-state index contributed by atoms with van der Waals surface area (Å²) < 4.78 is 4.78. The van der Waals surface area contributed by atoms with Gasteiger partial charge in [0, 0.05) is 6.07 Å². The van der Waals surface area contributed by atoms with Gasteiger partial charge in [0.25, 0.3) is 11.6 Å². The average Bonchev–Trinajstić information content (AvgIpc) is 2.81. The summed E-state index contributed by atoms with van der Waals surface area (Å²) in [7, 11) is 1.20. The van der Waals surface area contributed by atoms with Crippen LogP contribution in [-0.2, 0) is 14.3 Å². The van der Waals surface area contributed by atoms with E-state index in [2.05, 4.69) is 4.74 Å². The van der Waals surface area contributed by atoms with E-state index in [4.69, 9.17) is 12.2 Å². The fourth-order valence-corrected chi connectivity index (χ4v) is 3.43. The first-order chi connectivity index (χ1) is 11.3. The first-order valence-electron chi connectivity index (χ1n) is 6.56. The highest BCUT2D eigenvalue weighted by molar-refractivity contribution is 8.26. The minimum Gasteiger partial charge on any atom is -0.868 e. The van der Waals surface area contributed by atoms with Gasteiger partial charge in [0.2, 0.25) is 0 Å². The van der Waals surface area contributed by atoms with E-state index < -0.39 is 34.3 Å². The number of nitro groups is 1. The predicted molar refractivity (Wildman–Crippen MR) is 89.0 cm³/mol. The number of hydrogen-bond donors (Lipinski definition) is 0. The Morgan fingerprint density at radius 1 is 1.50 bits per heavy atom. The molecule has 1 saturated heterocycles. The zero-order chi connectivity index (χ0) is 18.0. The van der Waals surface area contributed by atoms with Crippen molar-refractivity contribution in [1.82, 2.24) is 4.90 Å². The van der Waals surface area contributed by atoms with Crippen molar-refractivity contribution in [1.29, 1.82) is 0 Å². The second-order valence-electron chi connectivity index (χ2n) is 4.74. The van der Waals surface area contributed by atoms with E-state index in [0.717, 1.165) is 28.8 Å². The lowest BCUT2D eigenvalue weighted by Crippen LogP contribution is -2.42. The molecule has 0 radical (unpaired) electrons. The highest BCUT2D eigenvalue weighted by Crippen LogP contribution is 2.35. The summed E-state index contributed by atoms with van der Waals surface area (Å²) in [6.07, 6.45) is 1.38. The average molecular weight is 367 g/mol. The molecule has 1 aliphatic heterocycles. The molecule has 0 aromatic heterocycles. The van der Waals surface area contributed by atoms with Gasteiger partial charge in [0.15, 0.2) is 0 Å². The number of hydrogen-bond acceptors (Lipinski definition) is 8.